The summed E-state index contributed by atoms with van der Waals surface area (Å²) in [6.45, 7) is 3.14. The molecule has 0 spiro atoms. The first-order valence-corrected chi connectivity index (χ1v) is 7.28. The summed E-state index contributed by atoms with van der Waals surface area (Å²) < 4.78 is 1.96. The maximum absolute atomic E-state index is 9.87. The average molecular weight is 271 g/mol. The van der Waals surface area contributed by atoms with Crippen molar-refractivity contribution in [2.45, 2.75) is 44.8 Å². The maximum Gasteiger partial charge on any atom is 0.119 e. The molecule has 1 heterocycles. The molecule has 3 rings (SSSR count). The molecule has 0 bridgehead atoms. The van der Waals surface area contributed by atoms with Crippen LogP contribution in [0.1, 0.15) is 36.9 Å². The molecule has 0 saturated carbocycles. The van der Waals surface area contributed by atoms with Crippen LogP contribution in [0.2, 0.25) is 0 Å². The fraction of sp³-hybridized carbons (Fsp3) is 0.438. The van der Waals surface area contributed by atoms with Crippen LogP contribution in [-0.2, 0) is 13.0 Å². The van der Waals surface area contributed by atoms with Crippen LogP contribution >= 0.6 is 0 Å². The van der Waals surface area contributed by atoms with Crippen LogP contribution in [0, 0.1) is 0 Å². The molecule has 0 amide bonds. The van der Waals surface area contributed by atoms with E-state index in [-0.39, 0.29) is 0 Å². The van der Waals surface area contributed by atoms with E-state index < -0.39 is 0 Å². The zero-order valence-corrected chi connectivity index (χ0v) is 11.8. The molecule has 1 aromatic heterocycles. The van der Waals surface area contributed by atoms with E-state index in [1.807, 2.05) is 29.2 Å². The van der Waals surface area contributed by atoms with Crippen LogP contribution in [0.5, 0.6) is 5.75 Å². The van der Waals surface area contributed by atoms with Gasteiger partial charge in [0, 0.05) is 31.0 Å². The second kappa shape index (κ2) is 5.67. The summed E-state index contributed by atoms with van der Waals surface area (Å²) in [5.41, 5.74) is 2.38. The molecule has 0 unspecified atom stereocenters. The molecule has 0 saturated heterocycles. The van der Waals surface area contributed by atoms with E-state index >= 15 is 0 Å². The van der Waals surface area contributed by atoms with Gasteiger partial charge in [-0.25, -0.2) is 0 Å². The minimum Gasteiger partial charge on any atom is -0.508 e. The van der Waals surface area contributed by atoms with E-state index in [1.54, 1.807) is 6.07 Å². The fourth-order valence-corrected chi connectivity index (χ4v) is 2.99. The first kappa shape index (κ1) is 13.2. The summed E-state index contributed by atoms with van der Waals surface area (Å²) in [5, 5.41) is 17.8. The van der Waals surface area contributed by atoms with Crippen LogP contribution in [0.25, 0.3) is 0 Å². The lowest BCUT2D eigenvalue weighted by atomic mass is 10.1. The van der Waals surface area contributed by atoms with E-state index in [4.69, 9.17) is 0 Å². The zero-order chi connectivity index (χ0) is 13.9. The van der Waals surface area contributed by atoms with Crippen molar-refractivity contribution in [3.05, 3.63) is 47.8 Å². The van der Waals surface area contributed by atoms with E-state index in [0.29, 0.717) is 17.8 Å². The lowest BCUT2D eigenvalue weighted by Gasteiger charge is -2.20. The van der Waals surface area contributed by atoms with Crippen LogP contribution in [-0.4, -0.2) is 20.9 Å². The summed E-state index contributed by atoms with van der Waals surface area (Å²) in [4.78, 5) is 0. The third kappa shape index (κ3) is 2.70. The molecule has 106 valence electrons. The van der Waals surface area contributed by atoms with E-state index in [0.717, 1.165) is 31.4 Å². The third-order valence-electron chi connectivity index (χ3n) is 4.08. The zero-order valence-electron chi connectivity index (χ0n) is 11.8. The van der Waals surface area contributed by atoms with Crippen molar-refractivity contribution < 1.29 is 5.11 Å². The quantitative estimate of drug-likeness (QED) is 0.879. The van der Waals surface area contributed by atoms with Crippen LogP contribution in [0.4, 0.5) is 0 Å². The Balaban J connectivity index is 1.58. The van der Waals surface area contributed by atoms with Crippen LogP contribution < -0.4 is 5.32 Å². The van der Waals surface area contributed by atoms with Gasteiger partial charge in [-0.1, -0.05) is 12.1 Å². The van der Waals surface area contributed by atoms with Crippen LogP contribution in [0.3, 0.4) is 0 Å². The molecular weight excluding hydrogens is 250 g/mol. The van der Waals surface area contributed by atoms with Crippen molar-refractivity contribution >= 4 is 0 Å². The number of aromatic nitrogens is 2. The van der Waals surface area contributed by atoms with E-state index in [2.05, 4.69) is 23.4 Å². The third-order valence-corrected chi connectivity index (χ3v) is 4.08. The summed E-state index contributed by atoms with van der Waals surface area (Å²) in [5.74, 6) is 0.441. The number of hydrogen-bond acceptors (Lipinski definition) is 3. The number of aryl methyl sites for hydroxylation is 1. The monoisotopic (exact) mass is 271 g/mol. The van der Waals surface area contributed by atoms with Gasteiger partial charge in [-0.3, -0.25) is 4.68 Å². The molecule has 1 aliphatic carbocycles. The summed E-state index contributed by atoms with van der Waals surface area (Å²) >= 11 is 0. The Labute approximate surface area is 119 Å². The van der Waals surface area contributed by atoms with Crippen molar-refractivity contribution in [1.82, 2.24) is 15.1 Å². The van der Waals surface area contributed by atoms with Gasteiger partial charge >= 0.3 is 0 Å². The largest absolute Gasteiger partial charge is 0.508 e. The number of rotatable bonds is 5. The molecular formula is C16H21N3O. The van der Waals surface area contributed by atoms with Gasteiger partial charge in [-0.15, -0.1) is 0 Å². The molecule has 1 aromatic carbocycles. The molecule has 1 aliphatic rings. The molecule has 0 aliphatic heterocycles. The topological polar surface area (TPSA) is 50.1 Å². The number of nitrogens with zero attached hydrogens (tertiary/aromatic N) is 2. The number of phenols is 1. The van der Waals surface area contributed by atoms with Crippen molar-refractivity contribution in [2.75, 3.05) is 0 Å². The number of nitrogens with one attached hydrogen (secondary N) is 1. The summed E-state index contributed by atoms with van der Waals surface area (Å²) in [7, 11) is 0. The number of aromatic hydroxyl groups is 1. The molecule has 20 heavy (non-hydrogen) atoms. The standard InChI is InChI=1S/C16H21N3O/c1-12(8-11-19-10-3-9-17-19)18-15-7-6-14-13(15)4-2-5-16(14)20/h2-5,9-10,12,15,18,20H,6-8,11H2,1H3/t12-,15+/m1/s1. The Kier molecular flexibility index (Phi) is 3.74. The lowest BCUT2D eigenvalue weighted by Crippen LogP contribution is -2.30. The summed E-state index contributed by atoms with van der Waals surface area (Å²) in [6.07, 6.45) is 6.89. The first-order valence-electron chi connectivity index (χ1n) is 7.28. The second-order valence-electron chi connectivity index (χ2n) is 5.56. The van der Waals surface area contributed by atoms with Gasteiger partial charge in [-0.05, 0) is 49.4 Å². The van der Waals surface area contributed by atoms with E-state index in [1.165, 1.54) is 5.56 Å². The van der Waals surface area contributed by atoms with Gasteiger partial charge < -0.3 is 10.4 Å². The first-order chi connectivity index (χ1) is 9.74. The number of phenolic OH excluding ortho intramolecular Hbond substituents is 1. The highest BCUT2D eigenvalue weighted by atomic mass is 16.3. The smallest absolute Gasteiger partial charge is 0.119 e. The Morgan fingerprint density at radius 1 is 1.45 bits per heavy atom. The minimum atomic E-state index is 0.365. The van der Waals surface area contributed by atoms with Crippen molar-refractivity contribution in [2.24, 2.45) is 0 Å². The Morgan fingerprint density at radius 2 is 2.35 bits per heavy atom. The average Bonchev–Trinajstić information content (AvgIpc) is 3.07. The van der Waals surface area contributed by atoms with Crippen molar-refractivity contribution in [3.63, 3.8) is 0 Å². The number of benzene rings is 1. The van der Waals surface area contributed by atoms with Gasteiger partial charge in [0.1, 0.15) is 5.75 Å². The van der Waals surface area contributed by atoms with Gasteiger partial charge in [0.2, 0.25) is 0 Å². The molecule has 4 heteroatoms. The predicted molar refractivity (Wildman–Crippen MR) is 78.6 cm³/mol. The highest BCUT2D eigenvalue weighted by Gasteiger charge is 2.25. The highest BCUT2D eigenvalue weighted by Crippen LogP contribution is 2.36. The molecule has 2 aromatic rings. The molecule has 0 radical (unpaired) electrons. The highest BCUT2D eigenvalue weighted by molar-refractivity contribution is 5.44. The Hall–Kier alpha value is -1.81. The Morgan fingerprint density at radius 3 is 3.15 bits per heavy atom. The maximum atomic E-state index is 9.87. The Bertz CT molecular complexity index is 565. The second-order valence-corrected chi connectivity index (χ2v) is 5.56. The van der Waals surface area contributed by atoms with E-state index in [9.17, 15) is 5.11 Å². The van der Waals surface area contributed by atoms with Gasteiger partial charge in [-0.2, -0.15) is 5.10 Å². The van der Waals surface area contributed by atoms with Gasteiger partial charge in [0.25, 0.3) is 0 Å². The molecule has 2 N–H and O–H groups in total. The van der Waals surface area contributed by atoms with Gasteiger partial charge in [0.15, 0.2) is 0 Å². The fourth-order valence-electron chi connectivity index (χ4n) is 2.99. The van der Waals surface area contributed by atoms with Gasteiger partial charge in [0.05, 0.1) is 0 Å². The summed E-state index contributed by atoms with van der Waals surface area (Å²) in [6, 6.07) is 8.58. The SMILES string of the molecule is C[C@H](CCn1cccn1)N[C@H]1CCc2c(O)cccc21. The number of hydrogen-bond donors (Lipinski definition) is 2. The number of fused-ring (bicyclic) bond motifs is 1. The van der Waals surface area contributed by atoms with Crippen molar-refractivity contribution in [1.29, 1.82) is 0 Å². The predicted octanol–water partition coefficient (Wildman–Crippen LogP) is 2.64. The lowest BCUT2D eigenvalue weighted by molar-refractivity contribution is 0.406. The van der Waals surface area contributed by atoms with Crippen LogP contribution in [0.15, 0.2) is 36.7 Å². The molecule has 2 atom stereocenters. The van der Waals surface area contributed by atoms with Crippen molar-refractivity contribution in [3.8, 4) is 5.75 Å². The molecule has 0 fully saturated rings. The minimum absolute atomic E-state index is 0.365. The molecule has 4 nitrogen and oxygen atoms in total. The normalized spacial score (nSPS) is 18.9.